The van der Waals surface area contributed by atoms with Crippen LogP contribution in [0.4, 0.5) is 27.4 Å². The number of alkyl halides is 1. The van der Waals surface area contributed by atoms with Crippen molar-refractivity contribution in [1.29, 1.82) is 0 Å². The number of hydrogen-bond donors (Lipinski definition) is 3. The third-order valence-corrected chi connectivity index (χ3v) is 9.63. The first kappa shape index (κ1) is 28.2. The number of aromatic nitrogens is 3. The van der Waals surface area contributed by atoms with Crippen LogP contribution in [0.5, 0.6) is 0 Å². The maximum atomic E-state index is 15.8. The van der Waals surface area contributed by atoms with Crippen molar-refractivity contribution < 1.29 is 13.9 Å². The smallest absolute Gasteiger partial charge is 0.263 e. The van der Waals surface area contributed by atoms with E-state index in [0.717, 1.165) is 90.0 Å². The number of nitrogens with two attached hydrogens (primary N) is 1. The van der Waals surface area contributed by atoms with Gasteiger partial charge in [0.25, 0.3) is 5.91 Å². The molecule has 1 spiro atoms. The number of rotatable bonds is 4. The zero-order valence-electron chi connectivity index (χ0n) is 24.1. The van der Waals surface area contributed by atoms with E-state index in [0.29, 0.717) is 17.5 Å². The van der Waals surface area contributed by atoms with Gasteiger partial charge >= 0.3 is 0 Å². The number of hydrogen-bond acceptors (Lipinski definition) is 8. The molecular formula is C30H45FN8O2. The van der Waals surface area contributed by atoms with Crippen LogP contribution >= 0.6 is 0 Å². The van der Waals surface area contributed by atoms with Gasteiger partial charge in [0.05, 0.1) is 36.3 Å². The molecule has 41 heavy (non-hydrogen) atoms. The van der Waals surface area contributed by atoms with Crippen LogP contribution in [-0.4, -0.2) is 82.7 Å². The molecule has 10 nitrogen and oxygen atoms in total. The van der Waals surface area contributed by atoms with Gasteiger partial charge < -0.3 is 26.0 Å². The number of pyridine rings is 1. The second-order valence-electron chi connectivity index (χ2n) is 12.3. The first-order valence-electron chi connectivity index (χ1n) is 15.6. The van der Waals surface area contributed by atoms with Gasteiger partial charge in [-0.15, -0.1) is 0 Å². The largest absolute Gasteiger partial charge is 0.381 e. The van der Waals surface area contributed by atoms with E-state index < -0.39 is 11.7 Å². The van der Waals surface area contributed by atoms with Crippen molar-refractivity contribution in [2.45, 2.75) is 94.9 Å². The number of piperazine rings is 1. The summed E-state index contributed by atoms with van der Waals surface area (Å²) in [6.45, 7) is 5.37. The van der Waals surface area contributed by atoms with Gasteiger partial charge in [-0.05, 0) is 25.3 Å². The highest BCUT2D eigenvalue weighted by molar-refractivity contribution is 6.12. The molecule has 4 aliphatic rings. The fraction of sp³-hybridized carbons (Fsp3) is 0.700. The molecule has 1 aliphatic carbocycles. The monoisotopic (exact) mass is 568 g/mol. The minimum atomic E-state index is -1.09. The molecule has 3 fully saturated rings. The fourth-order valence-corrected chi connectivity index (χ4v) is 7.19. The normalized spacial score (nSPS) is 25.7. The number of fused-ring (bicyclic) bond motifs is 1. The molecule has 6 rings (SSSR count). The summed E-state index contributed by atoms with van der Waals surface area (Å²) in [5.41, 5.74) is 7.48. The molecule has 2 saturated heterocycles. The number of carbonyl (C=O) groups is 1. The van der Waals surface area contributed by atoms with E-state index in [1.54, 1.807) is 17.1 Å². The second-order valence-corrected chi connectivity index (χ2v) is 12.3. The Bertz CT molecular complexity index is 1180. The zero-order valence-corrected chi connectivity index (χ0v) is 24.1. The van der Waals surface area contributed by atoms with Crippen LogP contribution in [-0.2, 0) is 11.3 Å². The Morgan fingerprint density at radius 3 is 2.46 bits per heavy atom. The molecule has 5 heterocycles. The van der Waals surface area contributed by atoms with E-state index in [2.05, 4.69) is 30.5 Å². The van der Waals surface area contributed by atoms with Crippen molar-refractivity contribution in [3.05, 3.63) is 24.0 Å². The van der Waals surface area contributed by atoms with Crippen molar-refractivity contribution in [2.24, 2.45) is 0 Å². The number of nitrogens with zero attached hydrogens (tertiary/aromatic N) is 5. The lowest BCUT2D eigenvalue weighted by Crippen LogP contribution is -2.53. The predicted molar refractivity (Wildman–Crippen MR) is 159 cm³/mol. The number of amides is 1. The topological polar surface area (TPSA) is 114 Å². The third kappa shape index (κ3) is 6.02. The summed E-state index contributed by atoms with van der Waals surface area (Å²) < 4.78 is 23.0. The first-order valence-corrected chi connectivity index (χ1v) is 15.6. The molecule has 2 atom stereocenters. The molecule has 0 radical (unpaired) electrons. The van der Waals surface area contributed by atoms with Gasteiger partial charge in [0.1, 0.15) is 17.6 Å². The Morgan fingerprint density at radius 2 is 1.78 bits per heavy atom. The zero-order chi connectivity index (χ0) is 28.2. The number of carbonyl (C=O) groups excluding carboxylic acids is 1. The minimum absolute atomic E-state index is 0.105. The summed E-state index contributed by atoms with van der Waals surface area (Å²) in [6.07, 6.45) is 14.0. The molecule has 0 aromatic carbocycles. The van der Waals surface area contributed by atoms with Crippen molar-refractivity contribution in [3.63, 3.8) is 0 Å². The highest BCUT2D eigenvalue weighted by Crippen LogP contribution is 2.40. The van der Waals surface area contributed by atoms with Crippen molar-refractivity contribution in [1.82, 2.24) is 19.7 Å². The van der Waals surface area contributed by atoms with Crippen LogP contribution in [0.3, 0.4) is 0 Å². The number of nitrogens with one attached hydrogen (secondary N) is 2. The molecule has 2 aromatic rings. The van der Waals surface area contributed by atoms with Crippen LogP contribution in [0.1, 0.15) is 81.0 Å². The SMILES string of the molecule is Nc1nn2c(c1C(=O)Nc1cnccc1N1CCN(C3CCOC3)CC1)NC1(CCCCCCCCCC1)C(F)C2. The highest BCUT2D eigenvalue weighted by atomic mass is 19.1. The molecule has 224 valence electrons. The summed E-state index contributed by atoms with van der Waals surface area (Å²) in [5.74, 6) is 0.293. The van der Waals surface area contributed by atoms with Crippen LogP contribution in [0, 0.1) is 0 Å². The number of ether oxygens (including phenoxy) is 1. The summed E-state index contributed by atoms with van der Waals surface area (Å²) in [4.78, 5) is 22.9. The van der Waals surface area contributed by atoms with Crippen LogP contribution in [0.2, 0.25) is 0 Å². The maximum absolute atomic E-state index is 15.8. The lowest BCUT2D eigenvalue weighted by atomic mass is 9.81. The molecule has 2 unspecified atom stereocenters. The highest BCUT2D eigenvalue weighted by Gasteiger charge is 2.45. The molecule has 4 N–H and O–H groups in total. The molecule has 3 aliphatic heterocycles. The standard InChI is InChI=1S/C30H45FN8O2/c31-25-20-39-28(35-30(25)11-7-5-3-1-2-4-6-8-12-30)26(27(32)36-39)29(40)34-23-19-33-13-9-24(23)38-16-14-37(15-17-38)22-10-18-41-21-22/h9,13,19,22,25,35H,1-8,10-12,14-18,20-21H2,(H2,32,36)(H,34,40). The van der Waals surface area contributed by atoms with Gasteiger partial charge in [-0.25, -0.2) is 9.07 Å². The van der Waals surface area contributed by atoms with E-state index >= 15 is 4.39 Å². The Morgan fingerprint density at radius 1 is 1.07 bits per heavy atom. The second kappa shape index (κ2) is 12.5. The van der Waals surface area contributed by atoms with Gasteiger partial charge in [0, 0.05) is 45.0 Å². The molecule has 11 heteroatoms. The predicted octanol–water partition coefficient (Wildman–Crippen LogP) is 4.44. The van der Waals surface area contributed by atoms with Crippen LogP contribution < -0.4 is 21.3 Å². The van der Waals surface area contributed by atoms with Gasteiger partial charge in [-0.3, -0.25) is 14.7 Å². The summed E-state index contributed by atoms with van der Waals surface area (Å²) in [6, 6.07) is 2.45. The van der Waals surface area contributed by atoms with Gasteiger partial charge in [0.15, 0.2) is 5.82 Å². The summed E-state index contributed by atoms with van der Waals surface area (Å²) in [5, 5.41) is 11.0. The Kier molecular flexibility index (Phi) is 8.62. The molecule has 0 bridgehead atoms. The van der Waals surface area contributed by atoms with Crippen molar-refractivity contribution in [3.8, 4) is 0 Å². The van der Waals surface area contributed by atoms with Crippen LogP contribution in [0.15, 0.2) is 18.5 Å². The van der Waals surface area contributed by atoms with Crippen molar-refractivity contribution >= 4 is 28.9 Å². The molecule has 1 saturated carbocycles. The summed E-state index contributed by atoms with van der Waals surface area (Å²) >= 11 is 0. The lowest BCUT2D eigenvalue weighted by molar-refractivity contribution is 0.102. The average Bonchev–Trinajstić information content (AvgIpc) is 3.61. The van der Waals surface area contributed by atoms with E-state index in [4.69, 9.17) is 10.5 Å². The minimum Gasteiger partial charge on any atom is -0.381 e. The van der Waals surface area contributed by atoms with E-state index in [1.807, 2.05) is 6.07 Å². The number of nitrogen functional groups attached to an aromatic ring is 1. The van der Waals surface area contributed by atoms with E-state index in [-0.39, 0.29) is 23.8 Å². The van der Waals surface area contributed by atoms with E-state index in [1.165, 1.54) is 25.7 Å². The molecule has 1 amide bonds. The fourth-order valence-electron chi connectivity index (χ4n) is 7.19. The lowest BCUT2D eigenvalue weighted by Gasteiger charge is -2.42. The average molecular weight is 569 g/mol. The number of anilines is 4. The third-order valence-electron chi connectivity index (χ3n) is 9.63. The maximum Gasteiger partial charge on any atom is 0.263 e. The van der Waals surface area contributed by atoms with Crippen LogP contribution in [0.25, 0.3) is 0 Å². The van der Waals surface area contributed by atoms with E-state index in [9.17, 15) is 4.79 Å². The van der Waals surface area contributed by atoms with Gasteiger partial charge in [-0.1, -0.05) is 51.4 Å². The quantitative estimate of drug-likeness (QED) is 0.496. The van der Waals surface area contributed by atoms with Crippen molar-refractivity contribution in [2.75, 3.05) is 60.7 Å². The number of halogens is 1. The van der Waals surface area contributed by atoms with Gasteiger partial charge in [0.2, 0.25) is 0 Å². The Balaban J connectivity index is 1.19. The molecular weight excluding hydrogens is 523 g/mol. The summed E-state index contributed by atoms with van der Waals surface area (Å²) in [7, 11) is 0. The molecule has 2 aromatic heterocycles. The Hall–Kier alpha value is -2.92. The van der Waals surface area contributed by atoms with Gasteiger partial charge in [-0.2, -0.15) is 5.10 Å². The Labute approximate surface area is 242 Å². The first-order chi connectivity index (χ1) is 20.0.